The van der Waals surface area contributed by atoms with Crippen LogP contribution < -0.4 is 0 Å². The van der Waals surface area contributed by atoms with Crippen molar-refractivity contribution in [3.8, 4) is 11.1 Å². The van der Waals surface area contributed by atoms with Crippen molar-refractivity contribution >= 4 is 10.0 Å². The number of rotatable bonds is 6. The predicted molar refractivity (Wildman–Crippen MR) is 121 cm³/mol. The molecule has 204 valence electrons. The number of aryl methyl sites for hydroxylation is 1. The van der Waals surface area contributed by atoms with E-state index in [1.807, 2.05) is 0 Å². The largest absolute Gasteiger partial charge is 0.430 e. The number of benzene rings is 2. The lowest BCUT2D eigenvalue weighted by atomic mass is 9.74. The Hall–Kier alpha value is -2.22. The molecule has 1 spiro atoms. The van der Waals surface area contributed by atoms with Gasteiger partial charge in [-0.05, 0) is 29.2 Å². The van der Waals surface area contributed by atoms with E-state index in [4.69, 9.17) is 0 Å². The Balaban J connectivity index is 1.52. The van der Waals surface area contributed by atoms with Gasteiger partial charge in [-0.3, -0.25) is 4.90 Å². The van der Waals surface area contributed by atoms with Crippen LogP contribution >= 0.6 is 0 Å². The lowest BCUT2D eigenvalue weighted by Crippen LogP contribution is -2.72. The van der Waals surface area contributed by atoms with Gasteiger partial charge in [0.05, 0.1) is 6.26 Å². The molecular formula is C24H25F7N2O3S. The summed E-state index contributed by atoms with van der Waals surface area (Å²) in [7, 11) is -3.20. The van der Waals surface area contributed by atoms with Crippen molar-refractivity contribution in [1.82, 2.24) is 9.21 Å². The van der Waals surface area contributed by atoms with Gasteiger partial charge < -0.3 is 5.11 Å². The number of halogens is 7. The molecule has 5 nitrogen and oxygen atoms in total. The van der Waals surface area contributed by atoms with Crippen LogP contribution in [0.3, 0.4) is 0 Å². The van der Waals surface area contributed by atoms with Gasteiger partial charge in [-0.2, -0.15) is 26.3 Å². The van der Waals surface area contributed by atoms with Crippen LogP contribution in [-0.4, -0.2) is 67.5 Å². The number of likely N-dealkylation sites (tertiary alicyclic amines) is 1. The van der Waals surface area contributed by atoms with E-state index in [0.29, 0.717) is 43.2 Å². The molecule has 0 unspecified atom stereocenters. The van der Waals surface area contributed by atoms with E-state index in [-0.39, 0.29) is 17.0 Å². The van der Waals surface area contributed by atoms with Gasteiger partial charge in [0.25, 0.3) is 5.60 Å². The molecule has 0 aromatic heterocycles. The second-order valence-corrected chi connectivity index (χ2v) is 11.9. The number of hydrogen-bond acceptors (Lipinski definition) is 4. The molecule has 2 saturated heterocycles. The second-order valence-electron chi connectivity index (χ2n) is 9.92. The third-order valence-corrected chi connectivity index (χ3v) is 8.26. The van der Waals surface area contributed by atoms with Crippen LogP contribution in [-0.2, 0) is 28.6 Å². The van der Waals surface area contributed by atoms with Gasteiger partial charge in [-0.25, -0.2) is 17.1 Å². The second kappa shape index (κ2) is 8.92. The van der Waals surface area contributed by atoms with Crippen molar-refractivity contribution in [2.75, 3.05) is 32.4 Å². The van der Waals surface area contributed by atoms with Gasteiger partial charge in [0.2, 0.25) is 10.0 Å². The van der Waals surface area contributed by atoms with Crippen molar-refractivity contribution in [3.63, 3.8) is 0 Å². The van der Waals surface area contributed by atoms with E-state index in [0.717, 1.165) is 24.7 Å². The summed E-state index contributed by atoms with van der Waals surface area (Å²) < 4.78 is 118. The standard InChI is InChI=1S/C24H25F7N2O3S/c1-3-16-8-15(10-32-11-21(12-32)13-33(14-21)37(2,35)36)4-6-18(16)19-7-5-17(9-20(19)25)22(34,23(26,27)28)24(29,30)31/h4-9,34H,3,10-14H2,1-2H3. The van der Waals surface area contributed by atoms with Gasteiger partial charge in [-0.1, -0.05) is 37.3 Å². The van der Waals surface area contributed by atoms with E-state index in [9.17, 15) is 44.3 Å². The first-order valence-corrected chi connectivity index (χ1v) is 13.2. The monoisotopic (exact) mass is 554 g/mol. The molecule has 2 fully saturated rings. The number of alkyl halides is 6. The summed E-state index contributed by atoms with van der Waals surface area (Å²) in [6, 6.07) is 6.39. The molecule has 0 aliphatic carbocycles. The van der Waals surface area contributed by atoms with Crippen LogP contribution in [0.15, 0.2) is 36.4 Å². The van der Waals surface area contributed by atoms with E-state index < -0.39 is 39.4 Å². The summed E-state index contributed by atoms with van der Waals surface area (Å²) >= 11 is 0. The summed E-state index contributed by atoms with van der Waals surface area (Å²) in [5.74, 6) is -1.32. The maximum Gasteiger partial charge on any atom is 0.430 e. The third-order valence-electron chi connectivity index (χ3n) is 7.06. The first-order valence-electron chi connectivity index (χ1n) is 11.4. The topological polar surface area (TPSA) is 60.9 Å². The zero-order valence-electron chi connectivity index (χ0n) is 19.9. The average Bonchev–Trinajstić information content (AvgIpc) is 2.71. The maximum absolute atomic E-state index is 14.9. The van der Waals surface area contributed by atoms with E-state index in [1.54, 1.807) is 25.1 Å². The molecule has 0 bridgehead atoms. The lowest BCUT2D eigenvalue weighted by molar-refractivity contribution is -0.376. The summed E-state index contributed by atoms with van der Waals surface area (Å²) in [6.07, 6.45) is -10.6. The average molecular weight is 555 g/mol. The summed E-state index contributed by atoms with van der Waals surface area (Å²) in [5.41, 5.74) is -5.23. The highest BCUT2D eigenvalue weighted by atomic mass is 32.2. The van der Waals surface area contributed by atoms with Crippen molar-refractivity contribution in [2.24, 2.45) is 5.41 Å². The molecule has 0 saturated carbocycles. The Morgan fingerprint density at radius 1 is 0.919 bits per heavy atom. The number of aliphatic hydroxyl groups is 1. The quantitative estimate of drug-likeness (QED) is 0.537. The van der Waals surface area contributed by atoms with Crippen molar-refractivity contribution in [2.45, 2.75) is 37.8 Å². The summed E-state index contributed by atoms with van der Waals surface area (Å²) in [5, 5.41) is 9.55. The molecule has 1 N–H and O–H groups in total. The highest BCUT2D eigenvalue weighted by molar-refractivity contribution is 7.88. The Bertz CT molecular complexity index is 1280. The normalized spacial score (nSPS) is 19.1. The first-order chi connectivity index (χ1) is 16.9. The zero-order chi connectivity index (χ0) is 27.6. The zero-order valence-corrected chi connectivity index (χ0v) is 20.7. The molecule has 4 rings (SSSR count). The molecule has 2 aromatic rings. The number of hydrogen-bond donors (Lipinski definition) is 1. The van der Waals surface area contributed by atoms with Crippen molar-refractivity contribution in [1.29, 1.82) is 0 Å². The van der Waals surface area contributed by atoms with Gasteiger partial charge >= 0.3 is 12.4 Å². The minimum atomic E-state index is -6.10. The number of sulfonamides is 1. The molecule has 13 heteroatoms. The minimum Gasteiger partial charge on any atom is -0.369 e. The van der Waals surface area contributed by atoms with Crippen LogP contribution in [0.25, 0.3) is 11.1 Å². The van der Waals surface area contributed by atoms with Crippen LogP contribution in [0.4, 0.5) is 30.7 Å². The first kappa shape index (κ1) is 27.8. The Morgan fingerprint density at radius 2 is 1.49 bits per heavy atom. The SMILES string of the molecule is CCc1cc(CN2CC3(C2)CN(S(C)(=O)=O)C3)ccc1-c1ccc(C(O)(C(F)(F)F)C(F)(F)F)cc1F. The Morgan fingerprint density at radius 3 is 1.97 bits per heavy atom. The molecule has 2 aliphatic rings. The molecule has 37 heavy (non-hydrogen) atoms. The van der Waals surface area contributed by atoms with Crippen LogP contribution in [0.1, 0.15) is 23.6 Å². The minimum absolute atomic E-state index is 0.0454. The maximum atomic E-state index is 14.9. The Kier molecular flexibility index (Phi) is 6.71. The molecule has 2 aliphatic heterocycles. The predicted octanol–water partition coefficient (Wildman–Crippen LogP) is 4.44. The van der Waals surface area contributed by atoms with Gasteiger partial charge in [0.15, 0.2) is 0 Å². The lowest BCUT2D eigenvalue weighted by Gasteiger charge is -2.59. The van der Waals surface area contributed by atoms with Crippen molar-refractivity contribution < 1.29 is 44.3 Å². The summed E-state index contributed by atoms with van der Waals surface area (Å²) in [4.78, 5) is 2.14. The Labute approximate surface area is 209 Å². The van der Waals surface area contributed by atoms with Gasteiger partial charge in [0, 0.05) is 49.3 Å². The van der Waals surface area contributed by atoms with Crippen LogP contribution in [0, 0.1) is 11.2 Å². The fraction of sp³-hybridized carbons (Fsp3) is 0.500. The molecule has 0 amide bonds. The van der Waals surface area contributed by atoms with E-state index >= 15 is 0 Å². The fourth-order valence-electron chi connectivity index (χ4n) is 5.16. The molecule has 2 heterocycles. The highest BCUT2D eigenvalue weighted by Gasteiger charge is 2.71. The van der Waals surface area contributed by atoms with E-state index in [2.05, 4.69) is 4.90 Å². The number of nitrogens with zero attached hydrogens (tertiary/aromatic N) is 2. The van der Waals surface area contributed by atoms with Crippen LogP contribution in [0.5, 0.6) is 0 Å². The van der Waals surface area contributed by atoms with E-state index in [1.165, 1.54) is 10.6 Å². The highest BCUT2D eigenvalue weighted by Crippen LogP contribution is 2.50. The molecule has 0 atom stereocenters. The molecular weight excluding hydrogens is 529 g/mol. The van der Waals surface area contributed by atoms with Gasteiger partial charge in [0.1, 0.15) is 5.82 Å². The summed E-state index contributed by atoms with van der Waals surface area (Å²) in [6.45, 7) is 4.75. The van der Waals surface area contributed by atoms with Crippen LogP contribution in [0.2, 0.25) is 0 Å². The van der Waals surface area contributed by atoms with Gasteiger partial charge in [-0.15, -0.1) is 0 Å². The van der Waals surface area contributed by atoms with Crippen molar-refractivity contribution in [3.05, 3.63) is 58.9 Å². The smallest absolute Gasteiger partial charge is 0.369 e. The third kappa shape index (κ3) is 4.86. The fourth-order valence-corrected chi connectivity index (χ4v) is 6.17. The molecule has 0 radical (unpaired) electrons. The molecule has 2 aromatic carbocycles.